The number of hydrogen-bond donors (Lipinski definition) is 0. The molecule has 0 unspecified atom stereocenters. The van der Waals surface area contributed by atoms with Gasteiger partial charge in [0, 0.05) is 0 Å². The molecule has 0 aliphatic heterocycles. The number of unbranched alkanes of at least 4 members (excludes halogenated alkanes) is 4. The van der Waals surface area contributed by atoms with Gasteiger partial charge in [-0.15, -0.1) is 0 Å². The van der Waals surface area contributed by atoms with Crippen LogP contribution in [0.3, 0.4) is 0 Å². The Morgan fingerprint density at radius 1 is 0.500 bits per heavy atom. The van der Waals surface area contributed by atoms with Crippen LogP contribution in [0, 0.1) is 0 Å². The minimum Gasteiger partial charge on any atom is -0.327 e. The maximum Gasteiger partial charge on any atom is 0.0755 e. The van der Waals surface area contributed by atoms with E-state index in [0.29, 0.717) is 0 Å². The molecule has 26 heavy (non-hydrogen) atoms. The molecule has 0 heterocycles. The molecule has 0 aromatic heterocycles. The van der Waals surface area contributed by atoms with Crippen molar-refractivity contribution in [1.82, 2.24) is 0 Å². The summed E-state index contributed by atoms with van der Waals surface area (Å²) in [4.78, 5) is 0. The summed E-state index contributed by atoms with van der Waals surface area (Å²) in [6, 6.07) is 0. The fourth-order valence-corrected chi connectivity index (χ4v) is 10.5. The summed E-state index contributed by atoms with van der Waals surface area (Å²) < 4.78 is 1.21. The van der Waals surface area contributed by atoms with Crippen molar-refractivity contribution < 1.29 is 4.48 Å². The molecular weight excluding hydrogens is 333 g/mol. The Morgan fingerprint density at radius 2 is 0.731 bits per heavy atom. The zero-order chi connectivity index (χ0) is 20.6. The summed E-state index contributed by atoms with van der Waals surface area (Å²) in [5.74, 6) is 0. The second kappa shape index (κ2) is 15.3. The predicted octanol–water partition coefficient (Wildman–Crippen LogP) is 7.86. The van der Waals surface area contributed by atoms with Crippen molar-refractivity contribution >= 4 is 6.60 Å². The van der Waals surface area contributed by atoms with Gasteiger partial charge in [-0.05, 0) is 20.8 Å². The molecule has 0 radical (unpaired) electrons. The zero-order valence-corrected chi connectivity index (χ0v) is 21.4. The van der Waals surface area contributed by atoms with Crippen LogP contribution >= 0.6 is 6.60 Å². The first-order valence-electron chi connectivity index (χ1n) is 12.1. The van der Waals surface area contributed by atoms with Crippen molar-refractivity contribution in [3.8, 4) is 0 Å². The Balaban J connectivity index is 0. The van der Waals surface area contributed by atoms with Crippen molar-refractivity contribution in [3.63, 3.8) is 0 Å². The van der Waals surface area contributed by atoms with E-state index in [1.165, 1.54) is 75.5 Å². The van der Waals surface area contributed by atoms with Gasteiger partial charge in [0.2, 0.25) is 0 Å². The summed E-state index contributed by atoms with van der Waals surface area (Å²) in [6.45, 7) is 21.4. The standard InChI is InChI=1S/C17H39P.C7H18N/c1-6-10-14-18(5,15-11-7-2,16-12-8-3)17-13-9-4;1-5-8(4,6-2)7-3/h6-17H2,1-5H3;5-7H2,1-4H3/q;+1. The van der Waals surface area contributed by atoms with Gasteiger partial charge in [0.25, 0.3) is 0 Å². The average molecular weight is 391 g/mol. The molecular formula is C24H57NP+. The number of rotatable bonds is 15. The third kappa shape index (κ3) is 12.0. The first-order chi connectivity index (χ1) is 12.2. The maximum absolute atomic E-state index is 2.77. The summed E-state index contributed by atoms with van der Waals surface area (Å²) in [5, 5.41) is 0. The van der Waals surface area contributed by atoms with E-state index in [4.69, 9.17) is 0 Å². The molecule has 0 aliphatic carbocycles. The first-order valence-corrected chi connectivity index (χ1v) is 15.5. The second-order valence-corrected chi connectivity index (χ2v) is 16.5. The summed E-state index contributed by atoms with van der Waals surface area (Å²) in [5.41, 5.74) is 0. The molecule has 0 aliphatic rings. The third-order valence-electron chi connectivity index (χ3n) is 7.13. The van der Waals surface area contributed by atoms with Gasteiger partial charge in [0.1, 0.15) is 0 Å². The first kappa shape index (κ1) is 28.6. The number of nitrogens with zero attached hydrogens (tertiary/aromatic N) is 1. The summed E-state index contributed by atoms with van der Waals surface area (Å²) in [6.07, 6.45) is 17.8. The Bertz CT molecular complexity index is 258. The molecule has 0 amide bonds. The van der Waals surface area contributed by atoms with E-state index in [2.05, 4.69) is 62.2 Å². The molecule has 0 atom stereocenters. The topological polar surface area (TPSA) is 0 Å². The van der Waals surface area contributed by atoms with E-state index >= 15 is 0 Å². The summed E-state index contributed by atoms with van der Waals surface area (Å²) in [7, 11) is 2.29. The van der Waals surface area contributed by atoms with Crippen molar-refractivity contribution in [2.24, 2.45) is 0 Å². The largest absolute Gasteiger partial charge is 0.327 e. The average Bonchev–Trinajstić information content (AvgIpc) is 2.68. The van der Waals surface area contributed by atoms with E-state index < -0.39 is 6.60 Å². The van der Waals surface area contributed by atoms with Gasteiger partial charge < -0.3 is 4.48 Å². The minimum absolute atomic E-state index is 1.21. The van der Waals surface area contributed by atoms with Crippen molar-refractivity contribution in [1.29, 1.82) is 0 Å². The van der Waals surface area contributed by atoms with E-state index in [1.807, 2.05) is 0 Å². The van der Waals surface area contributed by atoms with Crippen LogP contribution in [0.2, 0.25) is 0 Å². The second-order valence-electron chi connectivity index (χ2n) is 9.48. The van der Waals surface area contributed by atoms with Crippen molar-refractivity contribution in [3.05, 3.63) is 0 Å². The number of quaternary nitrogens is 1. The molecule has 0 saturated heterocycles. The van der Waals surface area contributed by atoms with Crippen LogP contribution in [0.5, 0.6) is 0 Å². The fraction of sp³-hybridized carbons (Fsp3) is 1.00. The van der Waals surface area contributed by atoms with E-state index in [1.54, 1.807) is 24.6 Å². The quantitative estimate of drug-likeness (QED) is 0.197. The predicted molar refractivity (Wildman–Crippen MR) is 130 cm³/mol. The van der Waals surface area contributed by atoms with Crippen LogP contribution in [-0.4, -0.2) is 62.5 Å². The molecule has 0 rings (SSSR count). The van der Waals surface area contributed by atoms with E-state index in [9.17, 15) is 0 Å². The smallest absolute Gasteiger partial charge is 0.0755 e. The molecule has 0 fully saturated rings. The molecule has 0 saturated carbocycles. The normalized spacial score (nSPS) is 13.7. The van der Waals surface area contributed by atoms with Crippen LogP contribution in [0.15, 0.2) is 0 Å². The third-order valence-corrected chi connectivity index (χ3v) is 14.0. The molecule has 0 bridgehead atoms. The molecule has 162 valence electrons. The van der Waals surface area contributed by atoms with Gasteiger partial charge in [0.15, 0.2) is 0 Å². The monoisotopic (exact) mass is 390 g/mol. The Hall–Kier alpha value is 0.390. The molecule has 0 N–H and O–H groups in total. The molecule has 0 aromatic carbocycles. The van der Waals surface area contributed by atoms with Crippen LogP contribution in [-0.2, 0) is 0 Å². The Morgan fingerprint density at radius 3 is 0.846 bits per heavy atom. The number of hydrogen-bond acceptors (Lipinski definition) is 0. The van der Waals surface area contributed by atoms with Crippen LogP contribution in [0.1, 0.15) is 99.8 Å². The maximum atomic E-state index is 2.77. The van der Waals surface area contributed by atoms with Crippen LogP contribution in [0.25, 0.3) is 0 Å². The molecule has 0 spiro atoms. The van der Waals surface area contributed by atoms with Crippen LogP contribution < -0.4 is 0 Å². The Kier molecular flexibility index (Phi) is 16.9. The van der Waals surface area contributed by atoms with Gasteiger partial charge in [-0.1, -0.05) is 0 Å². The Labute approximate surface area is 169 Å². The molecule has 0 aromatic rings. The van der Waals surface area contributed by atoms with E-state index in [-0.39, 0.29) is 0 Å². The minimum atomic E-state index is -1.36. The van der Waals surface area contributed by atoms with Gasteiger partial charge in [-0.2, -0.15) is 0 Å². The van der Waals surface area contributed by atoms with Gasteiger partial charge in [0.05, 0.1) is 26.7 Å². The van der Waals surface area contributed by atoms with Gasteiger partial charge in [-0.25, -0.2) is 0 Å². The van der Waals surface area contributed by atoms with E-state index in [0.717, 1.165) is 0 Å². The van der Waals surface area contributed by atoms with Crippen LogP contribution in [0.4, 0.5) is 0 Å². The zero-order valence-electron chi connectivity index (χ0n) is 20.5. The van der Waals surface area contributed by atoms with Gasteiger partial charge in [-0.3, -0.25) is 0 Å². The molecule has 1 nitrogen and oxygen atoms in total. The molecule has 2 heteroatoms. The van der Waals surface area contributed by atoms with Gasteiger partial charge >= 0.3 is 117 Å². The van der Waals surface area contributed by atoms with Crippen molar-refractivity contribution in [2.75, 3.05) is 58.0 Å². The fourth-order valence-electron chi connectivity index (χ4n) is 3.95. The summed E-state index contributed by atoms with van der Waals surface area (Å²) >= 11 is 0. The van der Waals surface area contributed by atoms with Crippen molar-refractivity contribution in [2.45, 2.75) is 99.8 Å². The SMILES string of the molecule is CCCCP(C)(CCCC)(CCCC)CCCC.CC[N+](C)(CC)CC.